The molecule has 0 amide bonds. The van der Waals surface area contributed by atoms with Crippen molar-refractivity contribution in [3.05, 3.63) is 28.0 Å². The molecule has 7 heteroatoms. The molecule has 1 rings (SSSR count). The fraction of sp³-hybridized carbons (Fsp3) is 0.333. The lowest BCUT2D eigenvalue weighted by Crippen LogP contribution is -2.10. The van der Waals surface area contributed by atoms with Gasteiger partial charge in [0.25, 0.3) is 0 Å². The summed E-state index contributed by atoms with van der Waals surface area (Å²) in [5.41, 5.74) is -0.659. The van der Waals surface area contributed by atoms with Crippen LogP contribution in [0, 0.1) is 0 Å². The van der Waals surface area contributed by atoms with E-state index in [0.717, 1.165) is 6.07 Å². The quantitative estimate of drug-likeness (QED) is 0.788. The van der Waals surface area contributed by atoms with Gasteiger partial charge in [-0.1, -0.05) is 0 Å². The fourth-order valence-electron chi connectivity index (χ4n) is 0.960. The van der Waals surface area contributed by atoms with E-state index in [4.69, 9.17) is 0 Å². The molecule has 0 spiro atoms. The fourth-order valence-corrected chi connectivity index (χ4v) is 1.45. The first kappa shape index (κ1) is 13.0. The van der Waals surface area contributed by atoms with E-state index >= 15 is 0 Å². The maximum atomic E-state index is 12.3. The van der Waals surface area contributed by atoms with Crippen LogP contribution in [0.2, 0.25) is 0 Å². The Balaban J connectivity index is 2.96. The summed E-state index contributed by atoms with van der Waals surface area (Å²) < 4.78 is 41.3. The van der Waals surface area contributed by atoms with Gasteiger partial charge in [0.2, 0.25) is 0 Å². The zero-order valence-corrected chi connectivity index (χ0v) is 9.72. The number of rotatable bonds is 2. The predicted molar refractivity (Wildman–Crippen MR) is 52.7 cm³/mol. The van der Waals surface area contributed by atoms with Crippen LogP contribution in [0.25, 0.3) is 0 Å². The van der Waals surface area contributed by atoms with Crippen LogP contribution in [0.1, 0.15) is 11.3 Å². The summed E-state index contributed by atoms with van der Waals surface area (Å²) in [6, 6.07) is 0.880. The van der Waals surface area contributed by atoms with E-state index < -0.39 is 17.7 Å². The lowest BCUT2D eigenvalue weighted by atomic mass is 10.2. The van der Waals surface area contributed by atoms with Gasteiger partial charge < -0.3 is 4.74 Å². The van der Waals surface area contributed by atoms with Gasteiger partial charge in [0.15, 0.2) is 0 Å². The number of ether oxygens (including phenoxy) is 1. The number of esters is 1. The molecule has 1 aromatic heterocycles. The Morgan fingerprint density at radius 3 is 2.62 bits per heavy atom. The Bertz CT molecular complexity index is 406. The highest BCUT2D eigenvalue weighted by Crippen LogP contribution is 2.31. The Morgan fingerprint density at radius 2 is 2.19 bits per heavy atom. The summed E-state index contributed by atoms with van der Waals surface area (Å²) in [5.74, 6) is -0.562. The van der Waals surface area contributed by atoms with Crippen LogP contribution in [0.15, 0.2) is 16.7 Å². The number of aromatic nitrogens is 1. The van der Waals surface area contributed by atoms with Gasteiger partial charge >= 0.3 is 12.1 Å². The third-order valence-corrected chi connectivity index (χ3v) is 2.47. The normalized spacial score (nSPS) is 11.3. The monoisotopic (exact) mass is 297 g/mol. The number of pyridine rings is 1. The summed E-state index contributed by atoms with van der Waals surface area (Å²) in [6.45, 7) is 0. The molecule has 0 aliphatic carbocycles. The molecule has 0 radical (unpaired) electrons. The first-order valence-electron chi connectivity index (χ1n) is 4.13. The molecule has 16 heavy (non-hydrogen) atoms. The van der Waals surface area contributed by atoms with E-state index in [1.165, 1.54) is 7.11 Å². The lowest BCUT2D eigenvalue weighted by Gasteiger charge is -2.08. The van der Waals surface area contributed by atoms with E-state index in [1.807, 2.05) is 0 Å². The highest BCUT2D eigenvalue weighted by Gasteiger charge is 2.31. The Morgan fingerprint density at radius 1 is 1.56 bits per heavy atom. The molecule has 0 unspecified atom stereocenters. The summed E-state index contributed by atoms with van der Waals surface area (Å²) in [5, 5.41) is 0. The van der Waals surface area contributed by atoms with E-state index in [9.17, 15) is 18.0 Å². The number of methoxy groups -OCH3 is 1. The third kappa shape index (κ3) is 3.19. The molecular weight excluding hydrogens is 291 g/mol. The number of carbonyl (C=O) groups is 1. The molecule has 3 nitrogen and oxygen atoms in total. The van der Waals surface area contributed by atoms with E-state index in [0.29, 0.717) is 6.20 Å². The minimum atomic E-state index is -4.45. The molecule has 0 saturated carbocycles. The zero-order valence-electron chi connectivity index (χ0n) is 8.14. The lowest BCUT2D eigenvalue weighted by molar-refractivity contribution is -0.139. The molecule has 0 bridgehead atoms. The Hall–Kier alpha value is -1.11. The highest BCUT2D eigenvalue weighted by molar-refractivity contribution is 9.10. The summed E-state index contributed by atoms with van der Waals surface area (Å²) in [6.07, 6.45) is -3.93. The number of hydrogen-bond donors (Lipinski definition) is 0. The molecule has 0 saturated heterocycles. The first-order chi connectivity index (χ1) is 7.34. The van der Waals surface area contributed by atoms with Crippen LogP contribution in [-0.4, -0.2) is 18.1 Å². The van der Waals surface area contributed by atoms with E-state index in [1.54, 1.807) is 0 Å². The molecule has 0 aromatic carbocycles. The molecule has 1 heterocycles. The highest BCUT2D eigenvalue weighted by atomic mass is 79.9. The van der Waals surface area contributed by atoms with Gasteiger partial charge in [-0.3, -0.25) is 9.78 Å². The van der Waals surface area contributed by atoms with Crippen molar-refractivity contribution >= 4 is 21.9 Å². The molecule has 0 fully saturated rings. The van der Waals surface area contributed by atoms with Crippen LogP contribution < -0.4 is 0 Å². The van der Waals surface area contributed by atoms with Crippen molar-refractivity contribution in [1.29, 1.82) is 0 Å². The summed E-state index contributed by atoms with van der Waals surface area (Å²) in [4.78, 5) is 14.5. The van der Waals surface area contributed by atoms with Crippen LogP contribution in [-0.2, 0) is 22.1 Å². The van der Waals surface area contributed by atoms with Crippen LogP contribution in [0.5, 0.6) is 0 Å². The van der Waals surface area contributed by atoms with Crippen molar-refractivity contribution < 1.29 is 22.7 Å². The molecule has 0 N–H and O–H groups in total. The van der Waals surface area contributed by atoms with Crippen molar-refractivity contribution in [2.24, 2.45) is 0 Å². The van der Waals surface area contributed by atoms with Gasteiger partial charge in [0, 0.05) is 10.7 Å². The molecule has 88 valence electrons. The average molecular weight is 298 g/mol. The van der Waals surface area contributed by atoms with Gasteiger partial charge in [-0.15, -0.1) is 0 Å². The number of hydrogen-bond acceptors (Lipinski definition) is 3. The molecule has 1 aromatic rings. The molecular formula is C9H7BrF3NO2. The molecule has 0 aliphatic rings. The number of alkyl halides is 3. The van der Waals surface area contributed by atoms with Crippen molar-refractivity contribution in [2.75, 3.05) is 7.11 Å². The van der Waals surface area contributed by atoms with Gasteiger partial charge in [-0.2, -0.15) is 13.2 Å². The van der Waals surface area contributed by atoms with Gasteiger partial charge in [0.05, 0.1) is 24.8 Å². The second-order valence-corrected chi connectivity index (χ2v) is 3.76. The average Bonchev–Trinajstić information content (AvgIpc) is 2.19. The largest absolute Gasteiger partial charge is 0.469 e. The van der Waals surface area contributed by atoms with Gasteiger partial charge in [-0.05, 0) is 22.0 Å². The number of nitrogens with zero attached hydrogens (tertiary/aromatic N) is 1. The van der Waals surface area contributed by atoms with Crippen molar-refractivity contribution in [3.8, 4) is 0 Å². The predicted octanol–water partition coefficient (Wildman–Crippen LogP) is 2.58. The van der Waals surface area contributed by atoms with Crippen molar-refractivity contribution in [1.82, 2.24) is 4.98 Å². The zero-order chi connectivity index (χ0) is 12.3. The SMILES string of the molecule is COC(=O)Cc1ncc(C(F)(F)F)cc1Br. The van der Waals surface area contributed by atoms with Crippen LogP contribution >= 0.6 is 15.9 Å². The minimum Gasteiger partial charge on any atom is -0.469 e. The summed E-state index contributed by atoms with van der Waals surface area (Å²) >= 11 is 2.93. The molecule has 0 atom stereocenters. The van der Waals surface area contributed by atoms with Crippen molar-refractivity contribution in [3.63, 3.8) is 0 Å². The minimum absolute atomic E-state index is 0.132. The third-order valence-electron chi connectivity index (χ3n) is 1.78. The smallest absolute Gasteiger partial charge is 0.417 e. The maximum absolute atomic E-state index is 12.3. The van der Waals surface area contributed by atoms with Gasteiger partial charge in [-0.25, -0.2) is 0 Å². The van der Waals surface area contributed by atoms with Crippen LogP contribution in [0.3, 0.4) is 0 Å². The second kappa shape index (κ2) is 4.82. The van der Waals surface area contributed by atoms with Gasteiger partial charge in [0.1, 0.15) is 0 Å². The topological polar surface area (TPSA) is 39.2 Å². The number of halogens is 4. The van der Waals surface area contributed by atoms with Crippen LogP contribution in [0.4, 0.5) is 13.2 Å². The maximum Gasteiger partial charge on any atom is 0.417 e. The summed E-state index contributed by atoms with van der Waals surface area (Å²) in [7, 11) is 1.19. The second-order valence-electron chi connectivity index (χ2n) is 2.90. The van der Waals surface area contributed by atoms with E-state index in [-0.39, 0.29) is 16.6 Å². The number of carbonyl (C=O) groups excluding carboxylic acids is 1. The Labute approximate surface area is 97.8 Å². The molecule has 0 aliphatic heterocycles. The Kier molecular flexibility index (Phi) is 3.90. The van der Waals surface area contributed by atoms with E-state index in [2.05, 4.69) is 25.7 Å². The standard InChI is InChI=1S/C9H7BrF3NO2/c1-16-8(15)3-7-6(10)2-5(4-14-7)9(11,12)13/h2,4H,3H2,1H3. The van der Waals surface area contributed by atoms with Crippen molar-refractivity contribution in [2.45, 2.75) is 12.6 Å². The first-order valence-corrected chi connectivity index (χ1v) is 4.92.